The summed E-state index contributed by atoms with van der Waals surface area (Å²) in [6, 6.07) is 15.7. The van der Waals surface area contributed by atoms with Gasteiger partial charge in [-0.15, -0.1) is 0 Å². The Labute approximate surface area is 223 Å². The van der Waals surface area contributed by atoms with E-state index in [9.17, 15) is 0 Å². The maximum Gasteiger partial charge on any atom is 0.414 e. The Morgan fingerprint density at radius 2 is 1.38 bits per heavy atom. The fraction of sp³-hybridized carbons (Fsp3) is 0.333. The Balaban J connectivity index is 0.000000476. The zero-order valence-electron chi connectivity index (χ0n) is 19.9. The minimum Gasteiger partial charge on any atom is -0.473 e. The smallest absolute Gasteiger partial charge is 0.414 e. The van der Waals surface area contributed by atoms with E-state index in [1.54, 1.807) is 0 Å². The topological polar surface area (TPSA) is 165 Å². The van der Waals surface area contributed by atoms with Crippen LogP contribution in [-0.2, 0) is 23.9 Å². The summed E-state index contributed by atoms with van der Waals surface area (Å²) in [4.78, 5) is 41.2. The molecule has 4 N–H and O–H groups in total. The number of halogens is 2. The van der Waals surface area contributed by atoms with E-state index in [-0.39, 0.29) is 6.10 Å². The van der Waals surface area contributed by atoms with Crippen LogP contribution in [0.2, 0.25) is 10.0 Å². The highest BCUT2D eigenvalue weighted by atomic mass is 35.5. The van der Waals surface area contributed by atoms with Crippen LogP contribution in [0.1, 0.15) is 17.2 Å². The Morgan fingerprint density at radius 1 is 0.838 bits per heavy atom. The zero-order valence-corrected chi connectivity index (χ0v) is 21.4. The number of carbonyl (C=O) groups is 4. The third-order valence-corrected chi connectivity index (χ3v) is 5.57. The number of hydrogen-bond acceptors (Lipinski definition) is 7. The molecule has 1 saturated heterocycles. The summed E-state index contributed by atoms with van der Waals surface area (Å²) >= 11 is 12.6. The average Bonchev–Trinajstić information content (AvgIpc) is 2.84. The number of ether oxygens (including phenoxy) is 1. The SMILES string of the molecule is CN1CCN(CCOC(c2cccc(Cl)c2)c2ccccc2Cl)CC1.O=C(O)C(=O)O.O=C(O)C(=O)O. The Hall–Kier alpha value is -3.22. The molecule has 1 atom stereocenters. The monoisotopic (exact) mass is 558 g/mol. The maximum atomic E-state index is 9.10. The van der Waals surface area contributed by atoms with E-state index in [1.807, 2.05) is 48.5 Å². The Bertz CT molecular complexity index is 1010. The molecule has 11 nitrogen and oxygen atoms in total. The fourth-order valence-corrected chi connectivity index (χ4v) is 3.53. The van der Waals surface area contributed by atoms with Gasteiger partial charge in [0.2, 0.25) is 0 Å². The van der Waals surface area contributed by atoms with Gasteiger partial charge >= 0.3 is 23.9 Å². The molecule has 13 heteroatoms. The Morgan fingerprint density at radius 3 is 1.86 bits per heavy atom. The molecule has 0 amide bonds. The first kappa shape index (κ1) is 31.8. The van der Waals surface area contributed by atoms with Gasteiger partial charge in [0, 0.05) is 48.3 Å². The van der Waals surface area contributed by atoms with E-state index >= 15 is 0 Å². The highest BCUT2D eigenvalue weighted by Crippen LogP contribution is 2.32. The molecule has 0 bridgehead atoms. The van der Waals surface area contributed by atoms with Crippen LogP contribution in [0, 0.1) is 0 Å². The second-order valence-electron chi connectivity index (χ2n) is 7.69. The number of carboxylic acid groups (broad SMARTS) is 4. The second-order valence-corrected chi connectivity index (χ2v) is 8.54. The molecular formula is C24H28Cl2N2O9. The van der Waals surface area contributed by atoms with Crippen LogP contribution < -0.4 is 0 Å². The molecule has 202 valence electrons. The van der Waals surface area contributed by atoms with Crippen molar-refractivity contribution in [3.63, 3.8) is 0 Å². The Kier molecular flexibility index (Phi) is 14.2. The zero-order chi connectivity index (χ0) is 28.0. The van der Waals surface area contributed by atoms with Crippen LogP contribution in [0.3, 0.4) is 0 Å². The molecule has 1 heterocycles. The van der Waals surface area contributed by atoms with Crippen molar-refractivity contribution in [3.8, 4) is 0 Å². The molecule has 1 unspecified atom stereocenters. The standard InChI is InChI=1S/C20H24Cl2N2O.2C2H2O4/c1-23-9-11-24(12-10-23)13-14-25-20(16-5-4-6-17(21)15-16)18-7-2-3-8-19(18)22;2*3-1(4)2(5)6/h2-8,15,20H,9-14H2,1H3;2*(H,3,4)(H,5,6). The van der Waals surface area contributed by atoms with Crippen molar-refractivity contribution >= 4 is 47.1 Å². The van der Waals surface area contributed by atoms with E-state index in [0.29, 0.717) is 16.7 Å². The minimum atomic E-state index is -1.82. The van der Waals surface area contributed by atoms with Crippen LogP contribution in [0.25, 0.3) is 0 Å². The van der Waals surface area contributed by atoms with Gasteiger partial charge in [-0.1, -0.05) is 53.5 Å². The van der Waals surface area contributed by atoms with Crippen molar-refractivity contribution in [3.05, 3.63) is 69.7 Å². The first-order chi connectivity index (χ1) is 17.4. The van der Waals surface area contributed by atoms with Gasteiger partial charge in [0.15, 0.2) is 0 Å². The first-order valence-corrected chi connectivity index (χ1v) is 11.6. The van der Waals surface area contributed by atoms with Gasteiger partial charge in [-0.05, 0) is 30.8 Å². The predicted molar refractivity (Wildman–Crippen MR) is 135 cm³/mol. The number of benzene rings is 2. The number of piperazine rings is 1. The highest BCUT2D eigenvalue weighted by Gasteiger charge is 2.19. The van der Waals surface area contributed by atoms with Crippen molar-refractivity contribution in [1.29, 1.82) is 0 Å². The maximum absolute atomic E-state index is 9.10. The summed E-state index contributed by atoms with van der Waals surface area (Å²) in [6.07, 6.45) is -0.208. The van der Waals surface area contributed by atoms with E-state index in [1.165, 1.54) is 0 Å². The van der Waals surface area contributed by atoms with Crippen molar-refractivity contribution in [1.82, 2.24) is 9.80 Å². The van der Waals surface area contributed by atoms with Crippen molar-refractivity contribution in [2.75, 3.05) is 46.4 Å². The van der Waals surface area contributed by atoms with Gasteiger partial charge in [-0.2, -0.15) is 0 Å². The van der Waals surface area contributed by atoms with Crippen LogP contribution in [-0.4, -0.2) is 100 Å². The average molecular weight is 559 g/mol. The summed E-state index contributed by atoms with van der Waals surface area (Å²) < 4.78 is 6.28. The number of carboxylic acids is 4. The molecular weight excluding hydrogens is 531 g/mol. The summed E-state index contributed by atoms with van der Waals surface area (Å²) in [5.41, 5.74) is 2.00. The molecule has 0 spiro atoms. The van der Waals surface area contributed by atoms with Crippen LogP contribution in [0.5, 0.6) is 0 Å². The molecule has 0 radical (unpaired) electrons. The predicted octanol–water partition coefficient (Wildman–Crippen LogP) is 2.66. The lowest BCUT2D eigenvalue weighted by molar-refractivity contribution is -0.159. The van der Waals surface area contributed by atoms with Gasteiger partial charge in [-0.25, -0.2) is 19.2 Å². The lowest BCUT2D eigenvalue weighted by atomic mass is 10.0. The lowest BCUT2D eigenvalue weighted by Gasteiger charge is -2.32. The summed E-state index contributed by atoms with van der Waals surface area (Å²) in [5, 5.41) is 31.0. The third kappa shape index (κ3) is 12.5. The molecule has 37 heavy (non-hydrogen) atoms. The van der Waals surface area contributed by atoms with Gasteiger partial charge in [-0.3, -0.25) is 4.90 Å². The van der Waals surface area contributed by atoms with E-state index < -0.39 is 23.9 Å². The molecule has 0 aromatic heterocycles. The molecule has 0 aliphatic carbocycles. The van der Waals surface area contributed by atoms with E-state index in [2.05, 4.69) is 16.8 Å². The van der Waals surface area contributed by atoms with Crippen molar-refractivity contribution < 1.29 is 44.3 Å². The molecule has 2 aromatic carbocycles. The quantitative estimate of drug-likeness (QED) is 0.385. The lowest BCUT2D eigenvalue weighted by Crippen LogP contribution is -2.45. The molecule has 1 aliphatic rings. The normalized spacial score (nSPS) is 14.2. The second kappa shape index (κ2) is 16.5. The highest BCUT2D eigenvalue weighted by molar-refractivity contribution is 6.31. The molecule has 0 saturated carbocycles. The van der Waals surface area contributed by atoms with Crippen molar-refractivity contribution in [2.24, 2.45) is 0 Å². The largest absolute Gasteiger partial charge is 0.473 e. The molecule has 3 rings (SSSR count). The number of aliphatic carboxylic acids is 4. The number of nitrogens with zero attached hydrogens (tertiary/aromatic N) is 2. The number of hydrogen-bond donors (Lipinski definition) is 4. The summed E-state index contributed by atoms with van der Waals surface area (Å²) in [7, 11) is 2.17. The van der Waals surface area contributed by atoms with Gasteiger partial charge in [0.25, 0.3) is 0 Å². The molecule has 2 aromatic rings. The van der Waals surface area contributed by atoms with E-state index in [4.69, 9.17) is 67.5 Å². The van der Waals surface area contributed by atoms with Crippen LogP contribution in [0.4, 0.5) is 0 Å². The van der Waals surface area contributed by atoms with Crippen LogP contribution in [0.15, 0.2) is 48.5 Å². The number of rotatable bonds is 6. The van der Waals surface area contributed by atoms with Crippen molar-refractivity contribution in [2.45, 2.75) is 6.10 Å². The van der Waals surface area contributed by atoms with Crippen LogP contribution >= 0.6 is 23.2 Å². The minimum absolute atomic E-state index is 0.208. The fourth-order valence-electron chi connectivity index (χ4n) is 3.09. The van der Waals surface area contributed by atoms with Gasteiger partial charge in [0.05, 0.1) is 6.61 Å². The first-order valence-electron chi connectivity index (χ1n) is 10.9. The van der Waals surface area contributed by atoms with E-state index in [0.717, 1.165) is 43.9 Å². The third-order valence-electron chi connectivity index (χ3n) is 4.99. The number of likely N-dealkylation sites (N-methyl/N-ethyl adjacent to an activating group) is 1. The summed E-state index contributed by atoms with van der Waals surface area (Å²) in [6.45, 7) is 5.99. The molecule has 1 fully saturated rings. The van der Waals surface area contributed by atoms with Gasteiger partial charge in [0.1, 0.15) is 6.10 Å². The van der Waals surface area contributed by atoms with Gasteiger partial charge < -0.3 is 30.1 Å². The summed E-state index contributed by atoms with van der Waals surface area (Å²) in [5.74, 6) is -7.30. The molecule has 1 aliphatic heterocycles.